The number of amides is 1. The maximum absolute atomic E-state index is 12.3. The van der Waals surface area contributed by atoms with Crippen molar-refractivity contribution in [3.8, 4) is 23.0 Å². The summed E-state index contributed by atoms with van der Waals surface area (Å²) in [5.74, 6) is 1.12. The SMILES string of the molecule is CCOc1ccc(OCC)c(NC(=O)COC(=O)/C=C/c2ccc(OCC)c(OC)c2)c1. The van der Waals surface area contributed by atoms with Crippen LogP contribution in [-0.4, -0.2) is 45.4 Å². The number of ether oxygens (including phenoxy) is 5. The molecule has 2 aromatic rings. The van der Waals surface area contributed by atoms with Crippen LogP contribution in [0.15, 0.2) is 42.5 Å². The number of hydrogen-bond donors (Lipinski definition) is 1. The number of esters is 1. The number of carbonyl (C=O) groups is 2. The Bertz CT molecular complexity index is 940. The number of benzene rings is 2. The van der Waals surface area contributed by atoms with Crippen LogP contribution in [0.3, 0.4) is 0 Å². The molecule has 0 atom stereocenters. The van der Waals surface area contributed by atoms with Crippen molar-refractivity contribution < 1.29 is 33.3 Å². The molecule has 0 unspecified atom stereocenters. The molecule has 0 heterocycles. The second-order valence-electron chi connectivity index (χ2n) is 6.36. The van der Waals surface area contributed by atoms with E-state index in [9.17, 15) is 9.59 Å². The summed E-state index contributed by atoms with van der Waals surface area (Å²) in [7, 11) is 1.54. The summed E-state index contributed by atoms with van der Waals surface area (Å²) in [6, 6.07) is 10.4. The second kappa shape index (κ2) is 12.9. The first-order valence-electron chi connectivity index (χ1n) is 10.4. The van der Waals surface area contributed by atoms with E-state index >= 15 is 0 Å². The van der Waals surface area contributed by atoms with Gasteiger partial charge >= 0.3 is 5.97 Å². The second-order valence-corrected chi connectivity index (χ2v) is 6.36. The predicted octanol–water partition coefficient (Wildman–Crippen LogP) is 4.09. The summed E-state index contributed by atoms with van der Waals surface area (Å²) in [5.41, 5.74) is 1.16. The van der Waals surface area contributed by atoms with Crippen molar-refractivity contribution in [2.24, 2.45) is 0 Å². The lowest BCUT2D eigenvalue weighted by atomic mass is 10.2. The highest BCUT2D eigenvalue weighted by molar-refractivity contribution is 5.95. The summed E-state index contributed by atoms with van der Waals surface area (Å²) in [6.07, 6.45) is 2.81. The number of carbonyl (C=O) groups excluding carboxylic acids is 2. The molecule has 0 bridgehead atoms. The lowest BCUT2D eigenvalue weighted by Gasteiger charge is -2.13. The molecule has 0 aliphatic carbocycles. The van der Waals surface area contributed by atoms with Crippen molar-refractivity contribution in [2.75, 3.05) is 38.9 Å². The largest absolute Gasteiger partial charge is 0.494 e. The smallest absolute Gasteiger partial charge is 0.331 e. The highest BCUT2D eigenvalue weighted by Crippen LogP contribution is 2.30. The molecule has 2 aromatic carbocycles. The van der Waals surface area contributed by atoms with Crippen LogP contribution in [0, 0.1) is 0 Å². The third-order valence-corrected chi connectivity index (χ3v) is 4.08. The number of nitrogens with one attached hydrogen (secondary N) is 1. The molecule has 0 fully saturated rings. The highest BCUT2D eigenvalue weighted by Gasteiger charge is 2.11. The van der Waals surface area contributed by atoms with Crippen molar-refractivity contribution in [3.63, 3.8) is 0 Å². The average molecular weight is 443 g/mol. The third-order valence-electron chi connectivity index (χ3n) is 4.08. The fraction of sp³-hybridized carbons (Fsp3) is 0.333. The molecule has 172 valence electrons. The lowest BCUT2D eigenvalue weighted by molar-refractivity contribution is -0.142. The Morgan fingerprint density at radius 3 is 2.25 bits per heavy atom. The van der Waals surface area contributed by atoms with Gasteiger partial charge < -0.3 is 29.0 Å². The van der Waals surface area contributed by atoms with Gasteiger partial charge in [-0.05, 0) is 56.7 Å². The van der Waals surface area contributed by atoms with Crippen LogP contribution in [0.25, 0.3) is 6.08 Å². The zero-order valence-electron chi connectivity index (χ0n) is 18.8. The van der Waals surface area contributed by atoms with Crippen molar-refractivity contribution in [1.29, 1.82) is 0 Å². The van der Waals surface area contributed by atoms with Gasteiger partial charge in [-0.1, -0.05) is 6.07 Å². The van der Waals surface area contributed by atoms with Crippen molar-refractivity contribution in [3.05, 3.63) is 48.0 Å². The Labute approximate surface area is 188 Å². The van der Waals surface area contributed by atoms with E-state index < -0.39 is 18.5 Å². The molecule has 0 aliphatic rings. The molecule has 0 spiro atoms. The first-order chi connectivity index (χ1) is 15.5. The van der Waals surface area contributed by atoms with Gasteiger partial charge in [-0.2, -0.15) is 0 Å². The van der Waals surface area contributed by atoms with E-state index in [0.29, 0.717) is 48.5 Å². The minimum atomic E-state index is -0.652. The van der Waals surface area contributed by atoms with Crippen molar-refractivity contribution >= 4 is 23.6 Å². The van der Waals surface area contributed by atoms with Crippen LogP contribution in [-0.2, 0) is 14.3 Å². The molecule has 0 aliphatic heterocycles. The van der Waals surface area contributed by atoms with E-state index in [1.165, 1.54) is 6.08 Å². The number of methoxy groups -OCH3 is 1. The number of rotatable bonds is 12. The van der Waals surface area contributed by atoms with Crippen molar-refractivity contribution in [2.45, 2.75) is 20.8 Å². The van der Waals surface area contributed by atoms with Crippen LogP contribution < -0.4 is 24.3 Å². The molecule has 0 radical (unpaired) electrons. The van der Waals surface area contributed by atoms with E-state index in [-0.39, 0.29) is 0 Å². The Hall–Kier alpha value is -3.68. The molecule has 1 N–H and O–H groups in total. The Kier molecular flexibility index (Phi) is 9.90. The molecule has 0 saturated carbocycles. The van der Waals surface area contributed by atoms with Gasteiger partial charge in [0.1, 0.15) is 11.5 Å². The Morgan fingerprint density at radius 2 is 1.56 bits per heavy atom. The molecule has 2 rings (SSSR count). The maximum Gasteiger partial charge on any atom is 0.331 e. The summed E-state index contributed by atoms with van der Waals surface area (Å²) in [6.45, 7) is 6.59. The molecule has 8 heteroatoms. The standard InChI is InChI=1S/C24H29NO7/c1-5-29-18-10-12-20(30-6-2)19(15-18)25-23(26)16-32-24(27)13-9-17-8-11-21(31-7-3)22(14-17)28-4/h8-15H,5-7,16H2,1-4H3,(H,25,26)/b13-9+. The van der Waals surface area contributed by atoms with Crippen molar-refractivity contribution in [1.82, 2.24) is 0 Å². The first kappa shape index (κ1) is 24.6. The number of anilines is 1. The van der Waals surface area contributed by atoms with Gasteiger partial charge in [-0.15, -0.1) is 0 Å². The summed E-state index contributed by atoms with van der Waals surface area (Å²) in [4.78, 5) is 24.3. The lowest BCUT2D eigenvalue weighted by Crippen LogP contribution is -2.20. The molecule has 0 saturated heterocycles. The van der Waals surface area contributed by atoms with E-state index in [0.717, 1.165) is 5.56 Å². The third kappa shape index (κ3) is 7.54. The molecule has 32 heavy (non-hydrogen) atoms. The number of hydrogen-bond acceptors (Lipinski definition) is 7. The van der Waals surface area contributed by atoms with Crippen LogP contribution in [0.1, 0.15) is 26.3 Å². The van der Waals surface area contributed by atoms with Gasteiger partial charge in [0.2, 0.25) is 0 Å². The minimum absolute atomic E-state index is 0.437. The summed E-state index contributed by atoms with van der Waals surface area (Å²) >= 11 is 0. The van der Waals surface area contributed by atoms with Gasteiger partial charge in [0, 0.05) is 12.1 Å². The maximum atomic E-state index is 12.3. The van der Waals surface area contributed by atoms with Gasteiger partial charge in [0.15, 0.2) is 18.1 Å². The zero-order chi connectivity index (χ0) is 23.3. The molecule has 8 nitrogen and oxygen atoms in total. The molecule has 1 amide bonds. The van der Waals surface area contributed by atoms with E-state index in [1.807, 2.05) is 20.8 Å². The van der Waals surface area contributed by atoms with Crippen LogP contribution in [0.2, 0.25) is 0 Å². The monoisotopic (exact) mass is 443 g/mol. The van der Waals surface area contributed by atoms with Gasteiger partial charge in [0.05, 0.1) is 32.6 Å². The highest BCUT2D eigenvalue weighted by atomic mass is 16.5. The Morgan fingerprint density at radius 1 is 0.875 bits per heavy atom. The fourth-order valence-corrected chi connectivity index (χ4v) is 2.74. The van der Waals surface area contributed by atoms with E-state index in [1.54, 1.807) is 49.6 Å². The normalized spacial score (nSPS) is 10.5. The summed E-state index contributed by atoms with van der Waals surface area (Å²) < 4.78 is 26.7. The van der Waals surface area contributed by atoms with E-state index in [2.05, 4.69) is 5.32 Å². The molecular weight excluding hydrogens is 414 g/mol. The van der Waals surface area contributed by atoms with Crippen LogP contribution in [0.5, 0.6) is 23.0 Å². The predicted molar refractivity (Wildman–Crippen MR) is 122 cm³/mol. The minimum Gasteiger partial charge on any atom is -0.494 e. The average Bonchev–Trinajstić information content (AvgIpc) is 2.79. The van der Waals surface area contributed by atoms with Gasteiger partial charge in [0.25, 0.3) is 5.91 Å². The topological polar surface area (TPSA) is 92.3 Å². The fourth-order valence-electron chi connectivity index (χ4n) is 2.74. The van der Waals surface area contributed by atoms with E-state index in [4.69, 9.17) is 23.7 Å². The van der Waals surface area contributed by atoms with Crippen LogP contribution in [0.4, 0.5) is 5.69 Å². The molecular formula is C24H29NO7. The Balaban J connectivity index is 1.94. The van der Waals surface area contributed by atoms with Gasteiger partial charge in [-0.3, -0.25) is 4.79 Å². The van der Waals surface area contributed by atoms with Gasteiger partial charge in [-0.25, -0.2) is 4.79 Å². The summed E-state index contributed by atoms with van der Waals surface area (Å²) in [5, 5.41) is 2.68. The quantitative estimate of drug-likeness (QED) is 0.390. The zero-order valence-corrected chi connectivity index (χ0v) is 18.8. The molecule has 0 aromatic heterocycles. The van der Waals surface area contributed by atoms with Crippen LogP contribution >= 0.6 is 0 Å². The first-order valence-corrected chi connectivity index (χ1v) is 10.4.